The van der Waals surface area contributed by atoms with Crippen molar-refractivity contribution < 1.29 is 9.53 Å². The Labute approximate surface area is 108 Å². The van der Waals surface area contributed by atoms with Gasteiger partial charge in [-0.05, 0) is 44.9 Å². The average Bonchev–Trinajstić information content (AvgIpc) is 2.77. The summed E-state index contributed by atoms with van der Waals surface area (Å²) in [6, 6.07) is 4.03. The molecule has 1 aromatic heterocycles. The molecule has 1 aliphatic heterocycles. The van der Waals surface area contributed by atoms with E-state index in [9.17, 15) is 4.79 Å². The van der Waals surface area contributed by atoms with Crippen LogP contribution in [0.1, 0.15) is 38.7 Å². The van der Waals surface area contributed by atoms with Gasteiger partial charge in [0.15, 0.2) is 0 Å². The highest BCUT2D eigenvalue weighted by molar-refractivity contribution is 5.68. The van der Waals surface area contributed by atoms with E-state index in [-0.39, 0.29) is 6.09 Å². The van der Waals surface area contributed by atoms with E-state index in [0.717, 1.165) is 19.5 Å². The maximum absolute atomic E-state index is 11.9. The molecule has 4 heteroatoms. The van der Waals surface area contributed by atoms with Crippen LogP contribution in [0.5, 0.6) is 0 Å². The molecule has 1 amide bonds. The van der Waals surface area contributed by atoms with Gasteiger partial charge in [0.25, 0.3) is 0 Å². The van der Waals surface area contributed by atoms with Crippen molar-refractivity contribution in [2.24, 2.45) is 0 Å². The Hall–Kier alpha value is -1.58. The van der Waals surface area contributed by atoms with Gasteiger partial charge in [-0.3, -0.25) is 4.98 Å². The molecule has 0 aromatic carbocycles. The summed E-state index contributed by atoms with van der Waals surface area (Å²) < 4.78 is 5.38. The molecule has 1 aromatic rings. The highest BCUT2D eigenvalue weighted by atomic mass is 16.6. The van der Waals surface area contributed by atoms with Crippen LogP contribution in [0.15, 0.2) is 24.5 Å². The molecular formula is C14H20N2O2. The molecule has 0 bridgehead atoms. The lowest BCUT2D eigenvalue weighted by atomic mass is 10.00. The number of rotatable bonds is 1. The summed E-state index contributed by atoms with van der Waals surface area (Å²) in [5.74, 6) is 0.403. The van der Waals surface area contributed by atoms with Crippen LogP contribution >= 0.6 is 0 Å². The monoisotopic (exact) mass is 248 g/mol. The summed E-state index contributed by atoms with van der Waals surface area (Å²) in [5, 5.41) is 0. The van der Waals surface area contributed by atoms with Crippen molar-refractivity contribution in [3.05, 3.63) is 30.1 Å². The Morgan fingerprint density at radius 1 is 1.39 bits per heavy atom. The van der Waals surface area contributed by atoms with Gasteiger partial charge >= 0.3 is 6.09 Å². The second-order valence-corrected chi connectivity index (χ2v) is 5.69. The summed E-state index contributed by atoms with van der Waals surface area (Å²) in [7, 11) is 0. The number of amides is 1. The van der Waals surface area contributed by atoms with E-state index in [2.05, 4.69) is 4.98 Å². The normalized spacial score (nSPS) is 19.9. The van der Waals surface area contributed by atoms with E-state index in [1.54, 1.807) is 17.3 Å². The topological polar surface area (TPSA) is 42.4 Å². The SMILES string of the molecule is CC(C)(C)OC(=O)N1CC[C@@H](c2ccncc2)C1. The number of carbonyl (C=O) groups is 1. The molecule has 0 radical (unpaired) electrons. The van der Waals surface area contributed by atoms with E-state index >= 15 is 0 Å². The van der Waals surface area contributed by atoms with Crippen molar-refractivity contribution >= 4 is 6.09 Å². The van der Waals surface area contributed by atoms with Crippen LogP contribution in [0, 0.1) is 0 Å². The summed E-state index contributed by atoms with van der Waals surface area (Å²) in [4.78, 5) is 17.7. The van der Waals surface area contributed by atoms with Gasteiger partial charge in [-0.15, -0.1) is 0 Å². The predicted molar refractivity (Wildman–Crippen MR) is 69.4 cm³/mol. The second kappa shape index (κ2) is 4.96. The van der Waals surface area contributed by atoms with Crippen LogP contribution in [0.4, 0.5) is 4.79 Å². The van der Waals surface area contributed by atoms with Crippen molar-refractivity contribution in [1.82, 2.24) is 9.88 Å². The van der Waals surface area contributed by atoms with Crippen LogP contribution in [0.3, 0.4) is 0 Å². The van der Waals surface area contributed by atoms with Gasteiger partial charge in [0.1, 0.15) is 5.60 Å². The minimum absolute atomic E-state index is 0.209. The lowest BCUT2D eigenvalue weighted by molar-refractivity contribution is 0.0292. The van der Waals surface area contributed by atoms with Crippen molar-refractivity contribution in [2.45, 2.75) is 38.7 Å². The number of pyridine rings is 1. The minimum Gasteiger partial charge on any atom is -0.444 e. The third-order valence-electron chi connectivity index (χ3n) is 3.02. The Morgan fingerprint density at radius 2 is 2.06 bits per heavy atom. The van der Waals surface area contributed by atoms with Crippen molar-refractivity contribution in [3.63, 3.8) is 0 Å². The molecule has 0 unspecified atom stereocenters. The molecule has 1 aliphatic rings. The molecule has 1 atom stereocenters. The number of hydrogen-bond donors (Lipinski definition) is 0. The molecule has 0 saturated carbocycles. The number of aromatic nitrogens is 1. The lowest BCUT2D eigenvalue weighted by Gasteiger charge is -2.24. The van der Waals surface area contributed by atoms with Crippen LogP contribution in [0.25, 0.3) is 0 Å². The van der Waals surface area contributed by atoms with E-state index in [0.29, 0.717) is 5.92 Å². The lowest BCUT2D eigenvalue weighted by Crippen LogP contribution is -2.35. The summed E-state index contributed by atoms with van der Waals surface area (Å²) in [5.41, 5.74) is 0.822. The number of hydrogen-bond acceptors (Lipinski definition) is 3. The Kier molecular flexibility index (Phi) is 3.55. The van der Waals surface area contributed by atoms with Gasteiger partial charge in [-0.25, -0.2) is 4.79 Å². The number of likely N-dealkylation sites (tertiary alicyclic amines) is 1. The van der Waals surface area contributed by atoms with Crippen LogP contribution < -0.4 is 0 Å². The molecule has 0 aliphatic carbocycles. The van der Waals surface area contributed by atoms with Crippen LogP contribution in [-0.4, -0.2) is 34.7 Å². The Bertz CT molecular complexity index is 412. The Balaban J connectivity index is 1.95. The van der Waals surface area contributed by atoms with Crippen molar-refractivity contribution in [3.8, 4) is 0 Å². The Morgan fingerprint density at radius 3 is 2.67 bits per heavy atom. The van der Waals surface area contributed by atoms with Gasteiger partial charge in [0.05, 0.1) is 0 Å². The van der Waals surface area contributed by atoms with Crippen LogP contribution in [0.2, 0.25) is 0 Å². The van der Waals surface area contributed by atoms with Crippen molar-refractivity contribution in [2.75, 3.05) is 13.1 Å². The smallest absolute Gasteiger partial charge is 0.410 e. The molecule has 1 fully saturated rings. The molecule has 4 nitrogen and oxygen atoms in total. The zero-order valence-electron chi connectivity index (χ0n) is 11.2. The maximum atomic E-state index is 11.9. The first-order valence-corrected chi connectivity index (χ1v) is 6.33. The predicted octanol–water partition coefficient (Wildman–Crippen LogP) is 2.81. The molecule has 0 N–H and O–H groups in total. The summed E-state index contributed by atoms with van der Waals surface area (Å²) >= 11 is 0. The third kappa shape index (κ3) is 3.22. The maximum Gasteiger partial charge on any atom is 0.410 e. The number of carbonyl (C=O) groups excluding carboxylic acids is 1. The molecule has 1 saturated heterocycles. The minimum atomic E-state index is -0.425. The standard InChI is InChI=1S/C14H20N2O2/c1-14(2,3)18-13(17)16-9-6-12(10-16)11-4-7-15-8-5-11/h4-5,7-8,12H,6,9-10H2,1-3H3/t12-/m1/s1. The summed E-state index contributed by atoms with van der Waals surface area (Å²) in [6.07, 6.45) is 4.37. The zero-order chi connectivity index (χ0) is 13.2. The van der Waals surface area contributed by atoms with Gasteiger partial charge in [-0.1, -0.05) is 0 Å². The van der Waals surface area contributed by atoms with E-state index in [1.165, 1.54) is 5.56 Å². The van der Waals surface area contributed by atoms with E-state index in [1.807, 2.05) is 32.9 Å². The molecule has 0 spiro atoms. The number of ether oxygens (including phenoxy) is 1. The van der Waals surface area contributed by atoms with E-state index < -0.39 is 5.60 Å². The first-order valence-electron chi connectivity index (χ1n) is 6.33. The molecule has 2 rings (SSSR count). The molecule has 2 heterocycles. The van der Waals surface area contributed by atoms with Crippen LogP contribution in [-0.2, 0) is 4.74 Å². The molecule has 98 valence electrons. The first-order chi connectivity index (χ1) is 8.46. The highest BCUT2D eigenvalue weighted by Crippen LogP contribution is 2.27. The fourth-order valence-electron chi connectivity index (χ4n) is 2.16. The quantitative estimate of drug-likeness (QED) is 0.767. The first kappa shape index (κ1) is 12.9. The summed E-state index contributed by atoms with van der Waals surface area (Å²) in [6.45, 7) is 7.17. The third-order valence-corrected chi connectivity index (χ3v) is 3.02. The van der Waals surface area contributed by atoms with Gasteiger partial charge in [0.2, 0.25) is 0 Å². The van der Waals surface area contributed by atoms with Crippen molar-refractivity contribution in [1.29, 1.82) is 0 Å². The van der Waals surface area contributed by atoms with Gasteiger partial charge in [-0.2, -0.15) is 0 Å². The molecular weight excluding hydrogens is 228 g/mol. The van der Waals surface area contributed by atoms with Gasteiger partial charge in [0, 0.05) is 31.4 Å². The zero-order valence-corrected chi connectivity index (χ0v) is 11.2. The second-order valence-electron chi connectivity index (χ2n) is 5.69. The number of nitrogens with zero attached hydrogens (tertiary/aromatic N) is 2. The largest absolute Gasteiger partial charge is 0.444 e. The average molecular weight is 248 g/mol. The highest BCUT2D eigenvalue weighted by Gasteiger charge is 2.30. The molecule has 18 heavy (non-hydrogen) atoms. The fourth-order valence-corrected chi connectivity index (χ4v) is 2.16. The van der Waals surface area contributed by atoms with Gasteiger partial charge < -0.3 is 9.64 Å². The van der Waals surface area contributed by atoms with E-state index in [4.69, 9.17) is 4.74 Å². The fraction of sp³-hybridized carbons (Fsp3) is 0.571.